The van der Waals surface area contributed by atoms with Crippen molar-refractivity contribution in [3.63, 3.8) is 0 Å². The van der Waals surface area contributed by atoms with Crippen molar-refractivity contribution in [2.45, 2.75) is 26.7 Å². The molecular formula is C10H17N. The summed E-state index contributed by atoms with van der Waals surface area (Å²) in [6, 6.07) is 0. The maximum Gasteiger partial charge on any atom is 0.0395 e. The molecule has 0 amide bonds. The molecule has 0 saturated heterocycles. The zero-order valence-corrected chi connectivity index (χ0v) is 7.51. The summed E-state index contributed by atoms with van der Waals surface area (Å²) in [6.45, 7) is 8.56. The summed E-state index contributed by atoms with van der Waals surface area (Å²) in [7, 11) is 0. The summed E-state index contributed by atoms with van der Waals surface area (Å²) in [6.07, 6.45) is 8.29. The maximum absolute atomic E-state index is 4.28. The first-order valence-electron chi connectivity index (χ1n) is 4.06. The van der Waals surface area contributed by atoms with E-state index in [1.165, 1.54) is 0 Å². The number of rotatable bonds is 5. The molecule has 0 aromatic heterocycles. The molecule has 0 N–H and O–H groups in total. The van der Waals surface area contributed by atoms with Crippen LogP contribution in [0.5, 0.6) is 0 Å². The fourth-order valence-electron chi connectivity index (χ4n) is 0.696. The third kappa shape index (κ3) is 7.04. The van der Waals surface area contributed by atoms with Crippen molar-refractivity contribution >= 4 is 5.71 Å². The number of hydrogen-bond donors (Lipinski definition) is 0. The Balaban J connectivity index is 3.33. The van der Waals surface area contributed by atoms with Gasteiger partial charge in [0, 0.05) is 12.3 Å². The monoisotopic (exact) mass is 151 g/mol. The minimum absolute atomic E-state index is 0.919. The predicted octanol–water partition coefficient (Wildman–Crippen LogP) is 2.99. The van der Waals surface area contributed by atoms with Gasteiger partial charge in [-0.3, -0.25) is 4.99 Å². The summed E-state index contributed by atoms with van der Waals surface area (Å²) in [5, 5.41) is 0. The molecule has 11 heavy (non-hydrogen) atoms. The van der Waals surface area contributed by atoms with E-state index in [9.17, 15) is 0 Å². The molecule has 0 aliphatic rings. The fraction of sp³-hybridized carbons (Fsp3) is 0.500. The molecule has 0 fully saturated rings. The van der Waals surface area contributed by atoms with E-state index in [1.54, 1.807) is 6.08 Å². The molecule has 0 atom stereocenters. The Morgan fingerprint density at radius 1 is 1.55 bits per heavy atom. The van der Waals surface area contributed by atoms with E-state index in [2.05, 4.69) is 23.7 Å². The minimum Gasteiger partial charge on any atom is -0.290 e. The highest BCUT2D eigenvalue weighted by Crippen LogP contribution is 1.92. The van der Waals surface area contributed by atoms with Gasteiger partial charge in [-0.25, -0.2) is 0 Å². The van der Waals surface area contributed by atoms with E-state index in [0.29, 0.717) is 0 Å². The molecule has 0 aliphatic heterocycles. The van der Waals surface area contributed by atoms with Crippen molar-refractivity contribution in [1.29, 1.82) is 0 Å². The van der Waals surface area contributed by atoms with Crippen molar-refractivity contribution in [3.8, 4) is 0 Å². The SMILES string of the molecule is C=CC(C)=NCCCC=CC. The van der Waals surface area contributed by atoms with Gasteiger partial charge in [0.25, 0.3) is 0 Å². The minimum atomic E-state index is 0.919. The second-order valence-corrected chi connectivity index (χ2v) is 2.44. The van der Waals surface area contributed by atoms with Crippen molar-refractivity contribution < 1.29 is 0 Å². The van der Waals surface area contributed by atoms with Gasteiger partial charge in [-0.05, 0) is 32.8 Å². The van der Waals surface area contributed by atoms with Crippen LogP contribution >= 0.6 is 0 Å². The second kappa shape index (κ2) is 7.26. The average Bonchev–Trinajstić information content (AvgIpc) is 2.04. The van der Waals surface area contributed by atoms with Gasteiger partial charge in [-0.15, -0.1) is 0 Å². The Labute approximate surface area is 69.5 Å². The van der Waals surface area contributed by atoms with Crippen molar-refractivity contribution in [1.82, 2.24) is 0 Å². The first-order valence-corrected chi connectivity index (χ1v) is 4.06. The van der Waals surface area contributed by atoms with Crippen LogP contribution in [0.15, 0.2) is 29.8 Å². The van der Waals surface area contributed by atoms with Crippen LogP contribution in [0.1, 0.15) is 26.7 Å². The topological polar surface area (TPSA) is 12.4 Å². The molecule has 0 unspecified atom stereocenters. The van der Waals surface area contributed by atoms with Crippen molar-refractivity contribution in [3.05, 3.63) is 24.8 Å². The van der Waals surface area contributed by atoms with Crippen LogP contribution in [0.25, 0.3) is 0 Å². The third-order valence-corrected chi connectivity index (χ3v) is 1.42. The third-order valence-electron chi connectivity index (χ3n) is 1.42. The number of hydrogen-bond acceptors (Lipinski definition) is 1. The van der Waals surface area contributed by atoms with E-state index in [1.807, 2.05) is 13.8 Å². The van der Waals surface area contributed by atoms with Gasteiger partial charge in [0.1, 0.15) is 0 Å². The lowest BCUT2D eigenvalue weighted by Gasteiger charge is -1.92. The molecule has 0 aliphatic carbocycles. The number of nitrogens with zero attached hydrogens (tertiary/aromatic N) is 1. The van der Waals surface area contributed by atoms with E-state index in [0.717, 1.165) is 25.1 Å². The normalized spacial score (nSPS) is 12.4. The fourth-order valence-corrected chi connectivity index (χ4v) is 0.696. The second-order valence-electron chi connectivity index (χ2n) is 2.44. The lowest BCUT2D eigenvalue weighted by Crippen LogP contribution is -1.87. The van der Waals surface area contributed by atoms with E-state index >= 15 is 0 Å². The molecule has 0 aromatic carbocycles. The Kier molecular flexibility index (Phi) is 6.70. The zero-order valence-electron chi connectivity index (χ0n) is 7.51. The molecule has 0 rings (SSSR count). The Bertz CT molecular complexity index is 154. The van der Waals surface area contributed by atoms with Gasteiger partial charge in [0.15, 0.2) is 0 Å². The van der Waals surface area contributed by atoms with Crippen LogP contribution < -0.4 is 0 Å². The average molecular weight is 151 g/mol. The van der Waals surface area contributed by atoms with Gasteiger partial charge < -0.3 is 0 Å². The van der Waals surface area contributed by atoms with E-state index in [-0.39, 0.29) is 0 Å². The van der Waals surface area contributed by atoms with Crippen LogP contribution in [0.3, 0.4) is 0 Å². The van der Waals surface area contributed by atoms with Gasteiger partial charge in [-0.1, -0.05) is 18.7 Å². The van der Waals surface area contributed by atoms with Gasteiger partial charge in [-0.2, -0.15) is 0 Å². The summed E-state index contributed by atoms with van der Waals surface area (Å²) in [5.74, 6) is 0. The molecule has 0 bridgehead atoms. The molecule has 0 saturated carbocycles. The Morgan fingerprint density at radius 2 is 2.27 bits per heavy atom. The molecule has 1 nitrogen and oxygen atoms in total. The molecule has 0 aromatic rings. The van der Waals surface area contributed by atoms with Gasteiger partial charge in [0.2, 0.25) is 0 Å². The van der Waals surface area contributed by atoms with Crippen LogP contribution in [0, 0.1) is 0 Å². The smallest absolute Gasteiger partial charge is 0.0395 e. The van der Waals surface area contributed by atoms with E-state index in [4.69, 9.17) is 0 Å². The van der Waals surface area contributed by atoms with Crippen molar-refractivity contribution in [2.75, 3.05) is 6.54 Å². The first kappa shape index (κ1) is 10.2. The summed E-state index contributed by atoms with van der Waals surface area (Å²) >= 11 is 0. The molecule has 62 valence electrons. The molecule has 0 radical (unpaired) electrons. The summed E-state index contributed by atoms with van der Waals surface area (Å²) in [4.78, 5) is 4.28. The van der Waals surface area contributed by atoms with Crippen LogP contribution in [0.4, 0.5) is 0 Å². The van der Waals surface area contributed by atoms with Crippen molar-refractivity contribution in [2.24, 2.45) is 4.99 Å². The zero-order chi connectivity index (χ0) is 8.53. The highest BCUT2D eigenvalue weighted by Gasteiger charge is 1.82. The maximum atomic E-state index is 4.28. The van der Waals surface area contributed by atoms with Crippen LogP contribution in [-0.4, -0.2) is 12.3 Å². The molecule has 0 heterocycles. The van der Waals surface area contributed by atoms with Crippen LogP contribution in [0.2, 0.25) is 0 Å². The lowest BCUT2D eigenvalue weighted by atomic mass is 10.3. The van der Waals surface area contributed by atoms with Crippen LogP contribution in [-0.2, 0) is 0 Å². The molecule has 0 spiro atoms. The number of allylic oxidation sites excluding steroid dienone is 3. The quantitative estimate of drug-likeness (QED) is 0.325. The summed E-state index contributed by atoms with van der Waals surface area (Å²) in [5.41, 5.74) is 1.03. The predicted molar refractivity (Wildman–Crippen MR) is 52.2 cm³/mol. The lowest BCUT2D eigenvalue weighted by molar-refractivity contribution is 0.855. The Hall–Kier alpha value is -0.850. The Morgan fingerprint density at radius 3 is 2.82 bits per heavy atom. The van der Waals surface area contributed by atoms with Gasteiger partial charge in [0.05, 0.1) is 0 Å². The highest BCUT2D eigenvalue weighted by atomic mass is 14.7. The number of aliphatic imine (C=N–C) groups is 1. The molecule has 1 heteroatoms. The van der Waals surface area contributed by atoms with E-state index < -0.39 is 0 Å². The highest BCUT2D eigenvalue weighted by molar-refractivity contribution is 5.92. The van der Waals surface area contributed by atoms with Gasteiger partial charge >= 0.3 is 0 Å². The number of unbranched alkanes of at least 4 members (excludes halogenated alkanes) is 1. The summed E-state index contributed by atoms with van der Waals surface area (Å²) < 4.78 is 0. The largest absolute Gasteiger partial charge is 0.290 e. The standard InChI is InChI=1S/C10H17N/c1-4-6-7-8-9-11-10(3)5-2/h4-6H,2,7-9H2,1,3H3. The first-order chi connectivity index (χ1) is 5.31. The molecular weight excluding hydrogens is 134 g/mol.